The largest absolute Gasteiger partial charge is 0.435 e. The highest BCUT2D eigenvalue weighted by Gasteiger charge is 2.12. The number of rotatable bonds is 6. The average Bonchev–Trinajstić information content (AvgIpc) is 2.95. The zero-order valence-corrected chi connectivity index (χ0v) is 14.9. The monoisotopic (exact) mass is 371 g/mol. The van der Waals surface area contributed by atoms with Gasteiger partial charge in [0.25, 0.3) is 0 Å². The SMILES string of the molecule is Cc1cc(C)n(-c2ccccc2NC(=O)Cc2ccc(OC(F)F)cc2)n1. The fourth-order valence-electron chi connectivity index (χ4n) is 2.81. The van der Waals surface area contributed by atoms with Crippen LogP contribution < -0.4 is 10.1 Å². The molecule has 1 aromatic heterocycles. The zero-order valence-electron chi connectivity index (χ0n) is 14.9. The molecule has 140 valence electrons. The Morgan fingerprint density at radius 2 is 1.85 bits per heavy atom. The summed E-state index contributed by atoms with van der Waals surface area (Å²) < 4.78 is 30.5. The van der Waals surface area contributed by atoms with E-state index in [1.54, 1.807) is 16.8 Å². The van der Waals surface area contributed by atoms with Gasteiger partial charge in [0.05, 0.1) is 23.5 Å². The first-order valence-electron chi connectivity index (χ1n) is 8.38. The minimum atomic E-state index is -2.87. The number of ether oxygens (including phenoxy) is 1. The molecule has 27 heavy (non-hydrogen) atoms. The zero-order chi connectivity index (χ0) is 19.4. The van der Waals surface area contributed by atoms with Crippen LogP contribution in [-0.2, 0) is 11.2 Å². The molecule has 0 aliphatic carbocycles. The Morgan fingerprint density at radius 1 is 1.15 bits per heavy atom. The molecule has 0 saturated heterocycles. The van der Waals surface area contributed by atoms with Crippen molar-refractivity contribution in [1.29, 1.82) is 0 Å². The van der Waals surface area contributed by atoms with Gasteiger partial charge in [-0.1, -0.05) is 24.3 Å². The van der Waals surface area contributed by atoms with Crippen LogP contribution in [0.25, 0.3) is 5.69 Å². The Kier molecular flexibility index (Phi) is 5.49. The van der Waals surface area contributed by atoms with Gasteiger partial charge >= 0.3 is 6.61 Å². The van der Waals surface area contributed by atoms with E-state index in [0.717, 1.165) is 17.1 Å². The predicted molar refractivity (Wildman–Crippen MR) is 98.4 cm³/mol. The predicted octanol–water partition coefficient (Wildman–Crippen LogP) is 4.27. The summed E-state index contributed by atoms with van der Waals surface area (Å²) in [5, 5.41) is 7.35. The number of carbonyl (C=O) groups is 1. The number of anilines is 1. The van der Waals surface area contributed by atoms with Crippen LogP contribution >= 0.6 is 0 Å². The second-order valence-electron chi connectivity index (χ2n) is 6.10. The van der Waals surface area contributed by atoms with Crippen molar-refractivity contribution in [2.24, 2.45) is 0 Å². The minimum Gasteiger partial charge on any atom is -0.435 e. The molecule has 0 spiro atoms. The normalized spacial score (nSPS) is 10.9. The van der Waals surface area contributed by atoms with Crippen molar-refractivity contribution < 1.29 is 18.3 Å². The number of para-hydroxylation sites is 2. The Bertz CT molecular complexity index is 937. The van der Waals surface area contributed by atoms with Crippen LogP contribution in [0.15, 0.2) is 54.6 Å². The van der Waals surface area contributed by atoms with Crippen LogP contribution in [0, 0.1) is 13.8 Å². The molecule has 3 rings (SSSR count). The molecule has 1 heterocycles. The third kappa shape index (κ3) is 4.69. The molecule has 0 bridgehead atoms. The maximum atomic E-state index is 12.4. The lowest BCUT2D eigenvalue weighted by Gasteiger charge is -2.12. The van der Waals surface area contributed by atoms with Gasteiger partial charge in [-0.05, 0) is 49.7 Å². The van der Waals surface area contributed by atoms with E-state index in [4.69, 9.17) is 0 Å². The molecule has 0 radical (unpaired) electrons. The van der Waals surface area contributed by atoms with E-state index in [0.29, 0.717) is 11.3 Å². The van der Waals surface area contributed by atoms with Crippen LogP contribution in [0.1, 0.15) is 17.0 Å². The smallest absolute Gasteiger partial charge is 0.387 e. The highest BCUT2D eigenvalue weighted by molar-refractivity contribution is 5.94. The molecule has 3 aromatic rings. The number of hydrogen-bond donors (Lipinski definition) is 1. The summed E-state index contributed by atoms with van der Waals surface area (Å²) in [6.45, 7) is 0.985. The molecular weight excluding hydrogens is 352 g/mol. The van der Waals surface area contributed by atoms with Crippen molar-refractivity contribution in [3.63, 3.8) is 0 Å². The molecule has 2 aromatic carbocycles. The first kappa shape index (κ1) is 18.6. The standard InChI is InChI=1S/C20H19F2N3O2/c1-13-11-14(2)25(24-13)18-6-4-3-5-17(18)23-19(26)12-15-7-9-16(10-8-15)27-20(21)22/h3-11,20H,12H2,1-2H3,(H,23,26). The van der Waals surface area contributed by atoms with E-state index in [1.807, 2.05) is 44.2 Å². The molecule has 5 nitrogen and oxygen atoms in total. The van der Waals surface area contributed by atoms with Crippen LogP contribution in [-0.4, -0.2) is 22.3 Å². The van der Waals surface area contributed by atoms with Gasteiger partial charge in [0, 0.05) is 5.69 Å². The number of halogens is 2. The quantitative estimate of drug-likeness (QED) is 0.704. The van der Waals surface area contributed by atoms with Crippen LogP contribution in [0.5, 0.6) is 5.75 Å². The second kappa shape index (κ2) is 7.99. The molecular formula is C20H19F2N3O2. The highest BCUT2D eigenvalue weighted by atomic mass is 19.3. The van der Waals surface area contributed by atoms with Crippen molar-refractivity contribution in [1.82, 2.24) is 9.78 Å². The van der Waals surface area contributed by atoms with Crippen LogP contribution in [0.2, 0.25) is 0 Å². The lowest BCUT2D eigenvalue weighted by Crippen LogP contribution is -2.16. The van der Waals surface area contributed by atoms with E-state index in [9.17, 15) is 13.6 Å². The topological polar surface area (TPSA) is 56.2 Å². The number of hydrogen-bond acceptors (Lipinski definition) is 3. The van der Waals surface area contributed by atoms with E-state index in [1.165, 1.54) is 12.1 Å². The van der Waals surface area contributed by atoms with Gasteiger partial charge < -0.3 is 10.1 Å². The van der Waals surface area contributed by atoms with Crippen LogP contribution in [0.4, 0.5) is 14.5 Å². The number of alkyl halides is 2. The number of aryl methyl sites for hydroxylation is 2. The summed E-state index contributed by atoms with van der Waals surface area (Å²) in [4.78, 5) is 12.4. The van der Waals surface area contributed by atoms with Crippen molar-refractivity contribution >= 4 is 11.6 Å². The van der Waals surface area contributed by atoms with Gasteiger partial charge in [-0.3, -0.25) is 4.79 Å². The summed E-state index contributed by atoms with van der Waals surface area (Å²) >= 11 is 0. The van der Waals surface area contributed by atoms with E-state index in [2.05, 4.69) is 15.2 Å². The number of aromatic nitrogens is 2. The third-order valence-electron chi connectivity index (χ3n) is 3.93. The summed E-state index contributed by atoms with van der Waals surface area (Å²) in [7, 11) is 0. The maximum Gasteiger partial charge on any atom is 0.387 e. The summed E-state index contributed by atoms with van der Waals surface area (Å²) in [6.07, 6.45) is 0.112. The molecule has 1 N–H and O–H groups in total. The van der Waals surface area contributed by atoms with Gasteiger partial charge in [0.1, 0.15) is 5.75 Å². The lowest BCUT2D eigenvalue weighted by atomic mass is 10.1. The van der Waals surface area contributed by atoms with Gasteiger partial charge in [0.15, 0.2) is 0 Å². The number of benzene rings is 2. The van der Waals surface area contributed by atoms with E-state index in [-0.39, 0.29) is 18.1 Å². The molecule has 0 unspecified atom stereocenters. The Hall–Kier alpha value is -3.22. The van der Waals surface area contributed by atoms with Gasteiger partial charge in [-0.2, -0.15) is 13.9 Å². The second-order valence-corrected chi connectivity index (χ2v) is 6.10. The van der Waals surface area contributed by atoms with Crippen molar-refractivity contribution in [2.45, 2.75) is 26.9 Å². The van der Waals surface area contributed by atoms with E-state index >= 15 is 0 Å². The molecule has 0 atom stereocenters. The Morgan fingerprint density at radius 3 is 2.48 bits per heavy atom. The summed E-state index contributed by atoms with van der Waals surface area (Å²) in [5.74, 6) is -0.157. The van der Waals surface area contributed by atoms with Crippen LogP contribution in [0.3, 0.4) is 0 Å². The number of nitrogens with zero attached hydrogens (tertiary/aromatic N) is 2. The first-order valence-corrected chi connectivity index (χ1v) is 8.38. The number of amides is 1. The maximum absolute atomic E-state index is 12.4. The Balaban J connectivity index is 1.72. The summed E-state index contributed by atoms with van der Waals surface area (Å²) in [5.41, 5.74) is 3.96. The average molecular weight is 371 g/mol. The fraction of sp³-hybridized carbons (Fsp3) is 0.200. The number of nitrogens with one attached hydrogen (secondary N) is 1. The molecule has 1 amide bonds. The highest BCUT2D eigenvalue weighted by Crippen LogP contribution is 2.22. The molecule has 0 aliphatic rings. The van der Waals surface area contributed by atoms with Gasteiger partial charge in [0.2, 0.25) is 5.91 Å². The van der Waals surface area contributed by atoms with Gasteiger partial charge in [-0.15, -0.1) is 0 Å². The van der Waals surface area contributed by atoms with Crippen molar-refractivity contribution in [3.05, 3.63) is 71.5 Å². The Labute approximate surface area is 155 Å². The summed E-state index contributed by atoms with van der Waals surface area (Å²) in [6, 6.07) is 15.4. The van der Waals surface area contributed by atoms with Crippen molar-refractivity contribution in [2.75, 3.05) is 5.32 Å². The molecule has 0 aliphatic heterocycles. The first-order chi connectivity index (χ1) is 12.9. The molecule has 0 saturated carbocycles. The molecule has 0 fully saturated rings. The molecule has 7 heteroatoms. The fourth-order valence-corrected chi connectivity index (χ4v) is 2.81. The third-order valence-corrected chi connectivity index (χ3v) is 3.93. The van der Waals surface area contributed by atoms with E-state index < -0.39 is 6.61 Å². The minimum absolute atomic E-state index is 0.0593. The van der Waals surface area contributed by atoms with Crippen molar-refractivity contribution in [3.8, 4) is 11.4 Å². The lowest BCUT2D eigenvalue weighted by molar-refractivity contribution is -0.115. The number of carbonyl (C=O) groups excluding carboxylic acids is 1. The van der Waals surface area contributed by atoms with Gasteiger partial charge in [-0.25, -0.2) is 4.68 Å².